The smallest absolute Gasteiger partial charge is 0.326 e. The molecular formula is C11H14N6O4. The summed E-state index contributed by atoms with van der Waals surface area (Å²) in [6.45, 7) is 1.67. The summed E-state index contributed by atoms with van der Waals surface area (Å²) >= 11 is 0. The van der Waals surface area contributed by atoms with Crippen LogP contribution in [0.15, 0.2) is 17.0 Å². The van der Waals surface area contributed by atoms with Crippen molar-refractivity contribution in [2.24, 2.45) is 0 Å². The van der Waals surface area contributed by atoms with E-state index >= 15 is 0 Å². The third kappa shape index (κ3) is 4.30. The number of amides is 2. The summed E-state index contributed by atoms with van der Waals surface area (Å²) < 4.78 is 4.82. The summed E-state index contributed by atoms with van der Waals surface area (Å²) in [5, 5.41) is 17.4. The second kappa shape index (κ2) is 6.50. The molecule has 10 heteroatoms. The molecule has 0 unspecified atom stereocenters. The third-order valence-corrected chi connectivity index (χ3v) is 2.55. The van der Waals surface area contributed by atoms with Crippen molar-refractivity contribution in [2.45, 2.75) is 25.9 Å². The van der Waals surface area contributed by atoms with Gasteiger partial charge < -0.3 is 25.2 Å². The maximum atomic E-state index is 11.7. The molecule has 10 nitrogen and oxygen atoms in total. The van der Waals surface area contributed by atoms with Gasteiger partial charge in [-0.15, -0.1) is 0 Å². The number of hydrogen-bond donors (Lipinski definition) is 4. The molecule has 0 saturated heterocycles. The van der Waals surface area contributed by atoms with Gasteiger partial charge in [0, 0.05) is 18.3 Å². The number of nitrogens with one attached hydrogen (secondary N) is 3. The van der Waals surface area contributed by atoms with Crippen LogP contribution in [-0.2, 0) is 17.8 Å². The van der Waals surface area contributed by atoms with Gasteiger partial charge in [-0.3, -0.25) is 0 Å². The molecule has 0 fully saturated rings. The first-order valence-electron chi connectivity index (χ1n) is 6.08. The molecule has 4 N–H and O–H groups in total. The molecule has 0 aromatic carbocycles. The van der Waals surface area contributed by atoms with E-state index in [2.05, 4.69) is 30.7 Å². The fourth-order valence-corrected chi connectivity index (χ4v) is 1.59. The van der Waals surface area contributed by atoms with E-state index in [1.165, 1.54) is 12.5 Å². The van der Waals surface area contributed by atoms with E-state index in [0.717, 1.165) is 0 Å². The molecule has 0 spiro atoms. The fourth-order valence-electron chi connectivity index (χ4n) is 1.59. The quantitative estimate of drug-likeness (QED) is 0.566. The van der Waals surface area contributed by atoms with E-state index in [9.17, 15) is 9.59 Å². The van der Waals surface area contributed by atoms with Crippen molar-refractivity contribution in [2.75, 3.05) is 0 Å². The number of aromatic nitrogens is 4. The van der Waals surface area contributed by atoms with Crippen LogP contribution in [0.2, 0.25) is 0 Å². The van der Waals surface area contributed by atoms with Crippen LogP contribution in [0.25, 0.3) is 0 Å². The van der Waals surface area contributed by atoms with E-state index in [0.29, 0.717) is 11.5 Å². The van der Waals surface area contributed by atoms with Crippen LogP contribution in [-0.4, -0.2) is 43.3 Å². The van der Waals surface area contributed by atoms with Crippen LogP contribution < -0.4 is 10.6 Å². The number of rotatable bonds is 6. The monoisotopic (exact) mass is 294 g/mol. The number of hydrogen-bond acceptors (Lipinski definition) is 6. The van der Waals surface area contributed by atoms with Gasteiger partial charge in [-0.2, -0.15) is 4.98 Å². The minimum Gasteiger partial charge on any atom is -0.480 e. The van der Waals surface area contributed by atoms with Crippen molar-refractivity contribution in [1.82, 2.24) is 30.7 Å². The van der Waals surface area contributed by atoms with E-state index in [-0.39, 0.29) is 18.9 Å². The summed E-state index contributed by atoms with van der Waals surface area (Å²) in [7, 11) is 0. The van der Waals surface area contributed by atoms with Gasteiger partial charge >= 0.3 is 12.0 Å². The Labute approximate surface area is 119 Å². The Balaban J connectivity index is 1.84. The van der Waals surface area contributed by atoms with Gasteiger partial charge in [0.25, 0.3) is 0 Å². The number of H-pyrrole nitrogens is 1. The Hall–Kier alpha value is -2.91. The van der Waals surface area contributed by atoms with Crippen molar-refractivity contribution in [3.63, 3.8) is 0 Å². The number of aromatic amines is 1. The number of urea groups is 1. The molecule has 0 aliphatic rings. The second-order valence-electron chi connectivity index (χ2n) is 4.23. The normalized spacial score (nSPS) is 11.9. The topological polar surface area (TPSA) is 146 Å². The highest BCUT2D eigenvalue weighted by molar-refractivity contribution is 5.82. The third-order valence-electron chi connectivity index (χ3n) is 2.55. The first-order chi connectivity index (χ1) is 10.0. The number of imidazole rings is 1. The maximum Gasteiger partial charge on any atom is 0.326 e. The zero-order chi connectivity index (χ0) is 15.2. The Morgan fingerprint density at radius 2 is 2.33 bits per heavy atom. The number of nitrogens with zero attached hydrogens (tertiary/aromatic N) is 3. The average Bonchev–Trinajstić information content (AvgIpc) is 3.07. The predicted octanol–water partition coefficient (Wildman–Crippen LogP) is -0.404. The molecule has 1 atom stereocenters. The van der Waals surface area contributed by atoms with E-state index in [4.69, 9.17) is 9.63 Å². The lowest BCUT2D eigenvalue weighted by Gasteiger charge is -2.13. The Bertz CT molecular complexity index is 608. The lowest BCUT2D eigenvalue weighted by Crippen LogP contribution is -2.47. The highest BCUT2D eigenvalue weighted by Gasteiger charge is 2.21. The van der Waals surface area contributed by atoms with Crippen molar-refractivity contribution in [3.8, 4) is 0 Å². The molecular weight excluding hydrogens is 280 g/mol. The first kappa shape index (κ1) is 14.5. The molecule has 2 aromatic rings. The van der Waals surface area contributed by atoms with Crippen LogP contribution in [0, 0.1) is 6.92 Å². The minimum atomic E-state index is -1.15. The van der Waals surface area contributed by atoms with Crippen molar-refractivity contribution >= 4 is 12.0 Å². The molecule has 112 valence electrons. The van der Waals surface area contributed by atoms with E-state index < -0.39 is 18.0 Å². The molecule has 0 bridgehead atoms. The lowest BCUT2D eigenvalue weighted by molar-refractivity contribution is -0.139. The Morgan fingerprint density at radius 1 is 1.52 bits per heavy atom. The lowest BCUT2D eigenvalue weighted by atomic mass is 10.2. The number of carboxylic acids is 1. The fraction of sp³-hybridized carbons (Fsp3) is 0.364. The van der Waals surface area contributed by atoms with Gasteiger partial charge in [0.1, 0.15) is 6.04 Å². The molecule has 0 aliphatic carbocycles. The Kier molecular flexibility index (Phi) is 4.49. The molecule has 0 radical (unpaired) electrons. The zero-order valence-corrected chi connectivity index (χ0v) is 11.2. The van der Waals surface area contributed by atoms with Crippen molar-refractivity contribution < 1.29 is 19.2 Å². The van der Waals surface area contributed by atoms with E-state index in [1.807, 2.05) is 0 Å². The SMILES string of the molecule is Cc1noc(CNC(=O)N[C@H](Cc2cnc[nH]2)C(=O)O)n1. The van der Waals surface area contributed by atoms with Gasteiger partial charge in [0.05, 0.1) is 12.9 Å². The molecule has 2 amide bonds. The number of carbonyl (C=O) groups is 2. The van der Waals surface area contributed by atoms with Gasteiger partial charge in [-0.05, 0) is 6.92 Å². The van der Waals surface area contributed by atoms with Crippen LogP contribution in [0.5, 0.6) is 0 Å². The van der Waals surface area contributed by atoms with Crippen LogP contribution >= 0.6 is 0 Å². The van der Waals surface area contributed by atoms with Crippen LogP contribution in [0.4, 0.5) is 4.79 Å². The summed E-state index contributed by atoms with van der Waals surface area (Å²) in [6.07, 6.45) is 3.03. The number of carboxylic acid groups (broad SMARTS) is 1. The van der Waals surface area contributed by atoms with Crippen LogP contribution in [0.3, 0.4) is 0 Å². The highest BCUT2D eigenvalue weighted by Crippen LogP contribution is 1.99. The minimum absolute atomic E-state index is 0.0169. The largest absolute Gasteiger partial charge is 0.480 e. The molecule has 2 heterocycles. The highest BCUT2D eigenvalue weighted by atomic mass is 16.5. The number of aryl methyl sites for hydroxylation is 1. The van der Waals surface area contributed by atoms with Gasteiger partial charge in [0.2, 0.25) is 5.89 Å². The molecule has 2 aromatic heterocycles. The van der Waals surface area contributed by atoms with Gasteiger partial charge in [0.15, 0.2) is 5.82 Å². The molecule has 21 heavy (non-hydrogen) atoms. The summed E-state index contributed by atoms with van der Waals surface area (Å²) in [6, 6.07) is -1.72. The average molecular weight is 294 g/mol. The van der Waals surface area contributed by atoms with Gasteiger partial charge in [-0.1, -0.05) is 5.16 Å². The predicted molar refractivity (Wildman–Crippen MR) is 68.1 cm³/mol. The van der Waals surface area contributed by atoms with Crippen molar-refractivity contribution in [1.29, 1.82) is 0 Å². The standard InChI is InChI=1S/C11H14N6O4/c1-6-15-9(21-17-6)4-13-11(20)16-8(10(18)19)2-7-3-12-5-14-7/h3,5,8H,2,4H2,1H3,(H,12,14)(H,18,19)(H2,13,16,20)/t8-/m1/s1. The molecule has 0 aliphatic heterocycles. The second-order valence-corrected chi connectivity index (χ2v) is 4.23. The van der Waals surface area contributed by atoms with Crippen molar-refractivity contribution in [3.05, 3.63) is 29.9 Å². The van der Waals surface area contributed by atoms with Crippen LogP contribution in [0.1, 0.15) is 17.4 Å². The number of aliphatic carboxylic acids is 1. The number of carbonyl (C=O) groups excluding carboxylic acids is 1. The zero-order valence-electron chi connectivity index (χ0n) is 11.2. The van der Waals surface area contributed by atoms with E-state index in [1.54, 1.807) is 6.92 Å². The van der Waals surface area contributed by atoms with Gasteiger partial charge in [-0.25, -0.2) is 14.6 Å². The summed E-state index contributed by atoms with van der Waals surface area (Å²) in [4.78, 5) is 33.3. The summed E-state index contributed by atoms with van der Waals surface area (Å²) in [5.74, 6) is -0.452. The summed E-state index contributed by atoms with van der Waals surface area (Å²) in [5.41, 5.74) is 0.607. The molecule has 0 saturated carbocycles. The molecule has 2 rings (SSSR count). The Morgan fingerprint density at radius 3 is 2.90 bits per heavy atom. The maximum absolute atomic E-state index is 11.7. The first-order valence-corrected chi connectivity index (χ1v) is 6.08.